The Labute approximate surface area is 149 Å². The van der Waals surface area contributed by atoms with Crippen molar-refractivity contribution in [3.8, 4) is 0 Å². The van der Waals surface area contributed by atoms with Crippen LogP contribution in [0.2, 0.25) is 0 Å². The number of hydrogen-bond acceptors (Lipinski definition) is 4. The van der Waals surface area contributed by atoms with Gasteiger partial charge in [-0.2, -0.15) is 0 Å². The number of aromatic nitrogens is 3. The van der Waals surface area contributed by atoms with Gasteiger partial charge >= 0.3 is 0 Å². The summed E-state index contributed by atoms with van der Waals surface area (Å²) in [4.78, 5) is 14.3. The molecule has 1 aliphatic heterocycles. The molecule has 1 aromatic carbocycles. The number of hydrogen-bond donors (Lipinski definition) is 1. The monoisotopic (exact) mass is 341 g/mol. The molecule has 25 heavy (non-hydrogen) atoms. The van der Waals surface area contributed by atoms with Crippen LogP contribution in [0.4, 0.5) is 0 Å². The Morgan fingerprint density at radius 1 is 1.32 bits per heavy atom. The van der Waals surface area contributed by atoms with E-state index < -0.39 is 0 Å². The SMILES string of the molecule is CC(C)N(C)CC(=O)N[C@H]1CCc2nnc(Cc3ccccc3)n2C1. The summed E-state index contributed by atoms with van der Waals surface area (Å²) in [6.45, 7) is 5.36. The Morgan fingerprint density at radius 3 is 2.80 bits per heavy atom. The standard InChI is InChI=1S/C19H27N5O/c1-14(2)23(3)13-19(25)20-16-9-10-17-21-22-18(24(17)12-16)11-15-7-5-4-6-8-15/h4-8,14,16H,9-13H2,1-3H3,(H,20,25)/t16-/m0/s1. The molecule has 0 fully saturated rings. The minimum atomic E-state index is 0.0855. The number of nitrogens with one attached hydrogen (secondary N) is 1. The summed E-state index contributed by atoms with van der Waals surface area (Å²) >= 11 is 0. The Balaban J connectivity index is 1.63. The van der Waals surface area contributed by atoms with Gasteiger partial charge in [-0.1, -0.05) is 30.3 Å². The van der Waals surface area contributed by atoms with E-state index in [1.54, 1.807) is 0 Å². The number of nitrogens with zero attached hydrogens (tertiary/aromatic N) is 4. The smallest absolute Gasteiger partial charge is 0.234 e. The van der Waals surface area contributed by atoms with Crippen molar-refractivity contribution in [2.75, 3.05) is 13.6 Å². The predicted molar refractivity (Wildman–Crippen MR) is 97.3 cm³/mol. The molecule has 0 radical (unpaired) electrons. The van der Waals surface area contributed by atoms with E-state index in [1.807, 2.05) is 30.1 Å². The fraction of sp³-hybridized carbons (Fsp3) is 0.526. The Morgan fingerprint density at radius 2 is 2.08 bits per heavy atom. The highest BCUT2D eigenvalue weighted by Gasteiger charge is 2.24. The van der Waals surface area contributed by atoms with Gasteiger partial charge < -0.3 is 9.88 Å². The number of amides is 1. The third-order valence-electron chi connectivity index (χ3n) is 4.87. The number of carbonyl (C=O) groups is 1. The lowest BCUT2D eigenvalue weighted by molar-refractivity contribution is -0.123. The fourth-order valence-corrected chi connectivity index (χ4v) is 3.09. The molecular weight excluding hydrogens is 314 g/mol. The van der Waals surface area contributed by atoms with Gasteiger partial charge in [-0.05, 0) is 32.9 Å². The van der Waals surface area contributed by atoms with Crippen LogP contribution < -0.4 is 5.32 Å². The van der Waals surface area contributed by atoms with Crippen LogP contribution in [0.3, 0.4) is 0 Å². The number of likely N-dealkylation sites (N-methyl/N-ethyl adjacent to an activating group) is 1. The van der Waals surface area contributed by atoms with E-state index in [0.717, 1.165) is 37.5 Å². The van der Waals surface area contributed by atoms with Gasteiger partial charge in [-0.3, -0.25) is 9.69 Å². The Hall–Kier alpha value is -2.21. The van der Waals surface area contributed by atoms with Crippen molar-refractivity contribution in [1.82, 2.24) is 25.0 Å². The van der Waals surface area contributed by atoms with Gasteiger partial charge in [0.1, 0.15) is 11.6 Å². The van der Waals surface area contributed by atoms with E-state index in [-0.39, 0.29) is 11.9 Å². The average Bonchev–Trinajstić information content (AvgIpc) is 2.98. The van der Waals surface area contributed by atoms with Crippen molar-refractivity contribution in [3.05, 3.63) is 47.5 Å². The summed E-state index contributed by atoms with van der Waals surface area (Å²) in [5, 5.41) is 11.9. The summed E-state index contributed by atoms with van der Waals surface area (Å²) in [5.41, 5.74) is 1.22. The first kappa shape index (κ1) is 17.6. The van der Waals surface area contributed by atoms with Crippen LogP contribution in [-0.2, 0) is 24.2 Å². The van der Waals surface area contributed by atoms with Crippen molar-refractivity contribution in [2.24, 2.45) is 0 Å². The van der Waals surface area contributed by atoms with Crippen molar-refractivity contribution in [3.63, 3.8) is 0 Å². The number of benzene rings is 1. The van der Waals surface area contributed by atoms with E-state index in [9.17, 15) is 4.79 Å². The number of carbonyl (C=O) groups excluding carboxylic acids is 1. The van der Waals surface area contributed by atoms with Crippen LogP contribution in [0.25, 0.3) is 0 Å². The molecule has 0 aliphatic carbocycles. The minimum absolute atomic E-state index is 0.0855. The third kappa shape index (κ3) is 4.45. The van der Waals surface area contributed by atoms with Crippen molar-refractivity contribution < 1.29 is 4.79 Å². The molecule has 1 amide bonds. The first-order valence-electron chi connectivity index (χ1n) is 8.97. The molecule has 1 aromatic heterocycles. The Kier molecular flexibility index (Phi) is 5.48. The third-order valence-corrected chi connectivity index (χ3v) is 4.87. The molecule has 134 valence electrons. The normalized spacial score (nSPS) is 16.9. The number of rotatable bonds is 6. The van der Waals surface area contributed by atoms with Crippen LogP contribution >= 0.6 is 0 Å². The fourth-order valence-electron chi connectivity index (χ4n) is 3.09. The van der Waals surface area contributed by atoms with Crippen molar-refractivity contribution in [1.29, 1.82) is 0 Å². The molecular formula is C19H27N5O. The number of fused-ring (bicyclic) bond motifs is 1. The zero-order valence-corrected chi connectivity index (χ0v) is 15.3. The highest BCUT2D eigenvalue weighted by molar-refractivity contribution is 5.78. The predicted octanol–water partition coefficient (Wildman–Crippen LogP) is 1.64. The molecule has 0 saturated carbocycles. The van der Waals surface area contributed by atoms with Gasteiger partial charge in [0.2, 0.25) is 5.91 Å². The lowest BCUT2D eigenvalue weighted by Crippen LogP contribution is -2.46. The lowest BCUT2D eigenvalue weighted by Gasteiger charge is -2.27. The maximum absolute atomic E-state index is 12.3. The number of aryl methyl sites for hydroxylation is 1. The molecule has 2 heterocycles. The molecule has 1 N–H and O–H groups in total. The molecule has 2 aromatic rings. The van der Waals surface area contributed by atoms with Crippen LogP contribution in [0.1, 0.15) is 37.5 Å². The van der Waals surface area contributed by atoms with E-state index in [0.29, 0.717) is 12.6 Å². The summed E-state index contributed by atoms with van der Waals surface area (Å²) < 4.78 is 2.17. The van der Waals surface area contributed by atoms with Gasteiger partial charge in [-0.25, -0.2) is 0 Å². The van der Waals surface area contributed by atoms with Crippen LogP contribution in [0.15, 0.2) is 30.3 Å². The summed E-state index contributed by atoms with van der Waals surface area (Å²) in [6, 6.07) is 10.8. The second-order valence-electron chi connectivity index (χ2n) is 7.12. The van der Waals surface area contributed by atoms with E-state index in [2.05, 4.69) is 46.1 Å². The van der Waals surface area contributed by atoms with E-state index in [4.69, 9.17) is 0 Å². The molecule has 0 unspecified atom stereocenters. The zero-order chi connectivity index (χ0) is 17.8. The van der Waals surface area contributed by atoms with Crippen LogP contribution in [0, 0.1) is 0 Å². The Bertz CT molecular complexity index is 710. The van der Waals surface area contributed by atoms with E-state index in [1.165, 1.54) is 5.56 Å². The molecule has 0 spiro atoms. The zero-order valence-electron chi connectivity index (χ0n) is 15.3. The van der Waals surface area contributed by atoms with Gasteiger partial charge in [0.05, 0.1) is 6.54 Å². The van der Waals surface area contributed by atoms with E-state index >= 15 is 0 Å². The highest BCUT2D eigenvalue weighted by atomic mass is 16.2. The molecule has 6 nitrogen and oxygen atoms in total. The lowest BCUT2D eigenvalue weighted by atomic mass is 10.1. The van der Waals surface area contributed by atoms with Crippen molar-refractivity contribution in [2.45, 2.75) is 51.7 Å². The summed E-state index contributed by atoms with van der Waals surface area (Å²) in [5.74, 6) is 2.08. The maximum Gasteiger partial charge on any atom is 0.234 e. The molecule has 1 aliphatic rings. The first-order valence-corrected chi connectivity index (χ1v) is 8.97. The van der Waals surface area contributed by atoms with Gasteiger partial charge in [0.25, 0.3) is 0 Å². The first-order chi connectivity index (χ1) is 12.0. The second-order valence-corrected chi connectivity index (χ2v) is 7.12. The van der Waals surface area contributed by atoms with Gasteiger partial charge in [0, 0.05) is 31.5 Å². The topological polar surface area (TPSA) is 63.1 Å². The maximum atomic E-state index is 12.3. The summed E-state index contributed by atoms with van der Waals surface area (Å²) in [7, 11) is 1.97. The van der Waals surface area contributed by atoms with Crippen LogP contribution in [0.5, 0.6) is 0 Å². The molecule has 1 atom stereocenters. The van der Waals surface area contributed by atoms with Crippen molar-refractivity contribution >= 4 is 5.91 Å². The average molecular weight is 341 g/mol. The second kappa shape index (κ2) is 7.78. The molecule has 0 bridgehead atoms. The highest BCUT2D eigenvalue weighted by Crippen LogP contribution is 2.17. The largest absolute Gasteiger partial charge is 0.350 e. The molecule has 3 rings (SSSR count). The quantitative estimate of drug-likeness (QED) is 0.868. The summed E-state index contributed by atoms with van der Waals surface area (Å²) in [6.07, 6.45) is 2.54. The minimum Gasteiger partial charge on any atom is -0.350 e. The van der Waals surface area contributed by atoms with Crippen LogP contribution in [-0.4, -0.2) is 51.2 Å². The molecule has 0 saturated heterocycles. The van der Waals surface area contributed by atoms with Gasteiger partial charge in [0.15, 0.2) is 0 Å². The molecule has 6 heteroatoms. The van der Waals surface area contributed by atoms with Gasteiger partial charge in [-0.15, -0.1) is 10.2 Å².